The second-order valence-electron chi connectivity index (χ2n) is 9.24. The molecule has 0 aliphatic carbocycles. The van der Waals surface area contributed by atoms with Gasteiger partial charge in [-0.1, -0.05) is 24.3 Å². The lowest BCUT2D eigenvalue weighted by Gasteiger charge is -2.26. The van der Waals surface area contributed by atoms with E-state index >= 15 is 0 Å². The number of hydrogen-bond donors (Lipinski definition) is 3. The highest BCUT2D eigenvalue weighted by atomic mass is 16.5. The molecule has 3 N–H and O–H groups in total. The molecule has 40 heavy (non-hydrogen) atoms. The average Bonchev–Trinajstić information content (AvgIpc) is 3.42. The maximum absolute atomic E-state index is 11.8. The van der Waals surface area contributed by atoms with Crippen LogP contribution in [0, 0.1) is 5.41 Å². The number of nitrogens with one attached hydrogen (secondary N) is 3. The fourth-order valence-corrected chi connectivity index (χ4v) is 4.44. The van der Waals surface area contributed by atoms with Crippen LogP contribution in [0.25, 0.3) is 22.6 Å². The van der Waals surface area contributed by atoms with Gasteiger partial charge in [-0.05, 0) is 23.6 Å². The smallest absolute Gasteiger partial charge is 0.248 e. The summed E-state index contributed by atoms with van der Waals surface area (Å²) in [5, 5.41) is 13.9. The maximum atomic E-state index is 11.8. The highest BCUT2D eigenvalue weighted by Crippen LogP contribution is 2.23. The number of fused-ring (bicyclic) bond motifs is 1. The van der Waals surface area contributed by atoms with Gasteiger partial charge in [0.05, 0.1) is 30.8 Å². The summed E-state index contributed by atoms with van der Waals surface area (Å²) in [6.45, 7) is 3.16. The van der Waals surface area contributed by atoms with Crippen LogP contribution in [0.15, 0.2) is 67.4 Å². The van der Waals surface area contributed by atoms with E-state index in [1.165, 1.54) is 12.5 Å². The average molecular weight is 541 g/mol. The summed E-state index contributed by atoms with van der Waals surface area (Å²) in [5.41, 5.74) is 5.23. The minimum absolute atomic E-state index is 0.0333. The largest absolute Gasteiger partial charge is 0.493 e. The van der Waals surface area contributed by atoms with E-state index in [9.17, 15) is 4.79 Å². The first-order valence-electron chi connectivity index (χ1n) is 13.1. The van der Waals surface area contributed by atoms with Crippen LogP contribution in [-0.2, 0) is 16.1 Å². The number of aromatic nitrogens is 4. The van der Waals surface area contributed by atoms with Crippen molar-refractivity contribution in [3.8, 4) is 17.1 Å². The van der Waals surface area contributed by atoms with Crippen LogP contribution in [0.4, 0.5) is 5.82 Å². The van der Waals surface area contributed by atoms with E-state index in [2.05, 4.69) is 25.6 Å². The summed E-state index contributed by atoms with van der Waals surface area (Å²) in [4.78, 5) is 27.0. The van der Waals surface area contributed by atoms with Gasteiger partial charge in [0.25, 0.3) is 0 Å². The van der Waals surface area contributed by atoms with Crippen molar-refractivity contribution in [1.82, 2.24) is 29.6 Å². The van der Waals surface area contributed by atoms with Crippen molar-refractivity contribution in [3.63, 3.8) is 0 Å². The Morgan fingerprint density at radius 1 is 1.18 bits per heavy atom. The lowest BCUT2D eigenvalue weighted by atomic mass is 10.1. The Labute approximate surface area is 232 Å². The van der Waals surface area contributed by atoms with Gasteiger partial charge in [-0.25, -0.2) is 15.0 Å². The Hall–Kier alpha value is -4.77. The number of ether oxygens (including phenoxy) is 2. The van der Waals surface area contributed by atoms with Gasteiger partial charge in [0.15, 0.2) is 0 Å². The monoisotopic (exact) mass is 540 g/mol. The third kappa shape index (κ3) is 6.44. The van der Waals surface area contributed by atoms with Crippen molar-refractivity contribution in [3.05, 3.63) is 78.5 Å². The Morgan fingerprint density at radius 3 is 2.85 bits per heavy atom. The fraction of sp³-hybridized carbons (Fsp3) is 0.276. The minimum atomic E-state index is 0.0333. The first-order chi connectivity index (χ1) is 19.6. The summed E-state index contributed by atoms with van der Waals surface area (Å²) in [7, 11) is 1.82. The van der Waals surface area contributed by atoms with Gasteiger partial charge < -0.3 is 30.4 Å². The zero-order chi connectivity index (χ0) is 27.7. The van der Waals surface area contributed by atoms with E-state index in [4.69, 9.17) is 14.9 Å². The summed E-state index contributed by atoms with van der Waals surface area (Å²) in [5.74, 6) is 1.46. The quantitative estimate of drug-likeness (QED) is 0.185. The number of carbonyl (C=O) groups is 1. The van der Waals surface area contributed by atoms with Gasteiger partial charge >= 0.3 is 0 Å². The molecule has 1 aromatic carbocycles. The molecule has 5 rings (SSSR count). The van der Waals surface area contributed by atoms with Crippen LogP contribution < -0.4 is 15.4 Å². The second-order valence-corrected chi connectivity index (χ2v) is 9.24. The van der Waals surface area contributed by atoms with Crippen molar-refractivity contribution in [2.45, 2.75) is 13.0 Å². The molecule has 0 spiro atoms. The van der Waals surface area contributed by atoms with E-state index in [1.54, 1.807) is 12.4 Å². The first kappa shape index (κ1) is 26.8. The van der Waals surface area contributed by atoms with Gasteiger partial charge in [0.2, 0.25) is 5.91 Å². The zero-order valence-electron chi connectivity index (χ0n) is 22.3. The lowest BCUT2D eigenvalue weighted by molar-refractivity contribution is -0.142. The number of benzene rings is 1. The number of rotatable bonds is 12. The Bertz CT molecular complexity index is 1500. The van der Waals surface area contributed by atoms with Gasteiger partial charge in [-0.3, -0.25) is 9.20 Å². The summed E-state index contributed by atoms with van der Waals surface area (Å²) in [6, 6.07) is 13.8. The third-order valence-corrected chi connectivity index (χ3v) is 6.56. The van der Waals surface area contributed by atoms with E-state index in [0.717, 1.165) is 45.9 Å². The molecule has 1 aliphatic rings. The maximum Gasteiger partial charge on any atom is 0.248 e. The molecule has 4 aromatic rings. The predicted molar refractivity (Wildman–Crippen MR) is 153 cm³/mol. The van der Waals surface area contributed by atoms with E-state index in [-0.39, 0.29) is 12.5 Å². The SMILES string of the molecule is CN/C=C(\C=N)c1ccc(CNc2cc(-c3cnc4cc(OCCCN5CCOCC5=O)ccn34)ncn2)cc1. The Balaban J connectivity index is 1.19. The molecular formula is C29H32N8O3. The number of carbonyl (C=O) groups excluding carboxylic acids is 1. The normalized spacial score (nSPS) is 13.9. The van der Waals surface area contributed by atoms with Crippen molar-refractivity contribution >= 4 is 29.2 Å². The lowest BCUT2D eigenvalue weighted by Crippen LogP contribution is -2.42. The van der Waals surface area contributed by atoms with E-state index < -0.39 is 0 Å². The van der Waals surface area contributed by atoms with Crippen LogP contribution in [-0.4, -0.2) is 76.3 Å². The van der Waals surface area contributed by atoms with Crippen molar-refractivity contribution in [1.29, 1.82) is 5.41 Å². The van der Waals surface area contributed by atoms with Crippen LogP contribution in [0.5, 0.6) is 5.75 Å². The van der Waals surface area contributed by atoms with E-state index in [0.29, 0.717) is 38.7 Å². The number of pyridine rings is 1. The number of morpholine rings is 1. The standard InChI is InChI=1S/C29H32N8O3/c1-31-17-23(15-30)22-5-3-21(4-6-22)16-32-27-14-25(34-20-35-27)26-18-33-28-13-24(7-9-37(26)28)40-11-2-8-36-10-12-39-19-29(36)38/h3-7,9,13-15,17-18,20,30-31H,2,8,10-12,16,19H2,1H3,(H,32,34,35)/b23-17+,30-15?. The highest BCUT2D eigenvalue weighted by Gasteiger charge is 2.17. The number of anilines is 1. The highest BCUT2D eigenvalue weighted by molar-refractivity contribution is 6.08. The molecule has 11 heteroatoms. The van der Waals surface area contributed by atoms with Crippen LogP contribution in [0.2, 0.25) is 0 Å². The molecule has 0 atom stereocenters. The molecule has 4 heterocycles. The van der Waals surface area contributed by atoms with Gasteiger partial charge in [-0.15, -0.1) is 0 Å². The van der Waals surface area contributed by atoms with Gasteiger partial charge in [0.1, 0.15) is 30.1 Å². The van der Waals surface area contributed by atoms with Crippen molar-refractivity contribution in [2.24, 2.45) is 0 Å². The molecule has 3 aromatic heterocycles. The van der Waals surface area contributed by atoms with E-state index in [1.807, 2.05) is 65.0 Å². The van der Waals surface area contributed by atoms with Crippen molar-refractivity contribution in [2.75, 3.05) is 45.3 Å². The van der Waals surface area contributed by atoms with Gasteiger partial charge in [-0.2, -0.15) is 0 Å². The van der Waals surface area contributed by atoms with Crippen LogP contribution >= 0.6 is 0 Å². The molecule has 1 saturated heterocycles. The number of allylic oxidation sites excluding steroid dienone is 1. The predicted octanol–water partition coefficient (Wildman–Crippen LogP) is 3.24. The van der Waals surface area contributed by atoms with Crippen molar-refractivity contribution < 1.29 is 14.3 Å². The molecule has 0 saturated carbocycles. The fourth-order valence-electron chi connectivity index (χ4n) is 4.44. The molecule has 0 unspecified atom stereocenters. The summed E-state index contributed by atoms with van der Waals surface area (Å²) in [6.07, 6.45) is 9.12. The molecule has 1 aliphatic heterocycles. The molecule has 206 valence electrons. The molecule has 11 nitrogen and oxygen atoms in total. The summed E-state index contributed by atoms with van der Waals surface area (Å²) < 4.78 is 13.0. The molecule has 0 bridgehead atoms. The molecule has 1 amide bonds. The third-order valence-electron chi connectivity index (χ3n) is 6.56. The Morgan fingerprint density at radius 2 is 2.05 bits per heavy atom. The molecule has 0 radical (unpaired) electrons. The molecular weight excluding hydrogens is 508 g/mol. The zero-order valence-corrected chi connectivity index (χ0v) is 22.3. The number of hydrogen-bond acceptors (Lipinski definition) is 9. The number of amides is 1. The Kier molecular flexibility index (Phi) is 8.62. The topological polar surface area (TPSA) is 130 Å². The summed E-state index contributed by atoms with van der Waals surface area (Å²) >= 11 is 0. The van der Waals surface area contributed by atoms with Crippen LogP contribution in [0.1, 0.15) is 17.5 Å². The van der Waals surface area contributed by atoms with Gasteiger partial charge in [0, 0.05) is 63.0 Å². The minimum Gasteiger partial charge on any atom is -0.493 e. The first-order valence-corrected chi connectivity index (χ1v) is 13.1. The van der Waals surface area contributed by atoms with Crippen LogP contribution in [0.3, 0.4) is 0 Å². The second kappa shape index (κ2) is 12.9. The number of nitrogens with zero attached hydrogens (tertiary/aromatic N) is 5. The number of imidazole rings is 1. The molecule has 1 fully saturated rings.